The van der Waals surface area contributed by atoms with Crippen LogP contribution >= 0.6 is 0 Å². The number of hydrogen-bond acceptors (Lipinski definition) is 0. The van der Waals surface area contributed by atoms with E-state index < -0.39 is 0 Å². The lowest BCUT2D eigenvalue weighted by Crippen LogP contribution is -2.41. The summed E-state index contributed by atoms with van der Waals surface area (Å²) in [6.45, 7) is 9.35. The zero-order chi connectivity index (χ0) is 36.7. The van der Waals surface area contributed by atoms with Gasteiger partial charge in [0.25, 0.3) is 5.82 Å². The Morgan fingerprint density at radius 3 is 1.35 bits per heavy atom. The molecule has 2 aromatic carbocycles. The molecule has 0 spiro atoms. The number of rotatable bonds is 34. The summed E-state index contributed by atoms with van der Waals surface area (Å²) >= 11 is 0. The molecule has 0 fully saturated rings. The van der Waals surface area contributed by atoms with E-state index in [-0.39, 0.29) is 0 Å². The molecule has 1 atom stereocenters. The predicted molar refractivity (Wildman–Crippen MR) is 228 cm³/mol. The summed E-state index contributed by atoms with van der Waals surface area (Å²) in [5, 5.41) is 0. The molecule has 0 aliphatic rings. The Bertz CT molecular complexity index is 1210. The van der Waals surface area contributed by atoms with Gasteiger partial charge in [-0.2, -0.15) is 0 Å². The minimum atomic E-state index is 0.514. The molecule has 0 saturated heterocycles. The number of aromatic nitrogens is 2. The Labute approximate surface area is 323 Å². The molecule has 0 saturated carbocycles. The molecule has 2 nitrogen and oxygen atoms in total. The molecule has 0 amide bonds. The Kier molecular flexibility index (Phi) is 25.4. The summed E-state index contributed by atoms with van der Waals surface area (Å²) in [5.74, 6) is 2.04. The third-order valence-electron chi connectivity index (χ3n) is 11.6. The van der Waals surface area contributed by atoms with Gasteiger partial charge in [-0.25, -0.2) is 9.13 Å². The van der Waals surface area contributed by atoms with Crippen LogP contribution in [0.4, 0.5) is 0 Å². The molecular weight excluding hydrogens is 629 g/mol. The van der Waals surface area contributed by atoms with Crippen LogP contribution in [0.3, 0.4) is 0 Å². The molecule has 292 valence electrons. The first-order chi connectivity index (χ1) is 25.7. The first-order valence-corrected chi connectivity index (χ1v) is 22.9. The van der Waals surface area contributed by atoms with E-state index in [0.29, 0.717) is 5.92 Å². The third kappa shape index (κ3) is 19.6. The fourth-order valence-corrected chi connectivity index (χ4v) is 8.23. The summed E-state index contributed by atoms with van der Waals surface area (Å²) in [5.41, 5.74) is 4.43. The average molecular weight is 712 g/mol. The molecule has 0 aliphatic heterocycles. The molecule has 0 aliphatic carbocycles. The Hall–Kier alpha value is -2.35. The van der Waals surface area contributed by atoms with Crippen molar-refractivity contribution in [3.63, 3.8) is 0 Å². The summed E-state index contributed by atoms with van der Waals surface area (Å²) < 4.78 is 5.43. The van der Waals surface area contributed by atoms with Gasteiger partial charge in [0.15, 0.2) is 0 Å². The van der Waals surface area contributed by atoms with Crippen LogP contribution in [0.25, 0.3) is 0 Å². The molecule has 52 heavy (non-hydrogen) atoms. The van der Waals surface area contributed by atoms with Crippen molar-refractivity contribution in [3.05, 3.63) is 89.5 Å². The van der Waals surface area contributed by atoms with E-state index in [2.05, 4.69) is 96.8 Å². The lowest BCUT2D eigenvalue weighted by molar-refractivity contribution is -0.710. The Morgan fingerprint density at radius 1 is 0.481 bits per heavy atom. The van der Waals surface area contributed by atoms with Crippen molar-refractivity contribution >= 4 is 0 Å². The lowest BCUT2D eigenvalue weighted by atomic mass is 9.96. The summed E-state index contributed by atoms with van der Waals surface area (Å²) in [4.78, 5) is 0. The molecule has 0 bridgehead atoms. The van der Waals surface area contributed by atoms with Gasteiger partial charge in [-0.15, -0.1) is 0 Å². The number of nitrogens with zero attached hydrogens (tertiary/aromatic N) is 2. The van der Waals surface area contributed by atoms with E-state index in [1.165, 1.54) is 196 Å². The van der Waals surface area contributed by atoms with Crippen molar-refractivity contribution < 1.29 is 4.57 Å². The van der Waals surface area contributed by atoms with Gasteiger partial charge in [-0.05, 0) is 42.7 Å². The number of imidazole rings is 1. The van der Waals surface area contributed by atoms with Gasteiger partial charge >= 0.3 is 0 Å². The monoisotopic (exact) mass is 712 g/mol. The number of benzene rings is 2. The van der Waals surface area contributed by atoms with Gasteiger partial charge < -0.3 is 0 Å². The highest BCUT2D eigenvalue weighted by Gasteiger charge is 2.25. The van der Waals surface area contributed by atoms with E-state index in [1.54, 1.807) is 0 Å². The van der Waals surface area contributed by atoms with Gasteiger partial charge in [0.05, 0.1) is 19.5 Å². The van der Waals surface area contributed by atoms with Crippen molar-refractivity contribution in [3.8, 4) is 0 Å². The molecule has 0 radical (unpaired) electrons. The van der Waals surface area contributed by atoms with Gasteiger partial charge in [0.1, 0.15) is 11.9 Å². The zero-order valence-corrected chi connectivity index (χ0v) is 34.7. The number of unbranched alkanes of at least 4 members (excludes halogenated alkanes) is 25. The smallest absolute Gasteiger partial charge is 0.234 e. The second kappa shape index (κ2) is 30.0. The van der Waals surface area contributed by atoms with E-state index in [4.69, 9.17) is 0 Å². The molecule has 0 N–H and O–H groups in total. The summed E-state index contributed by atoms with van der Waals surface area (Å²) in [6, 6.07) is 22.4. The van der Waals surface area contributed by atoms with Crippen molar-refractivity contribution in [2.24, 2.45) is 0 Å². The fourth-order valence-electron chi connectivity index (χ4n) is 8.23. The maximum atomic E-state index is 2.76. The molecule has 2 heteroatoms. The van der Waals surface area contributed by atoms with Crippen LogP contribution in [0.15, 0.2) is 66.9 Å². The molecule has 3 rings (SSSR count). The lowest BCUT2D eigenvalue weighted by Gasteiger charge is -2.12. The van der Waals surface area contributed by atoms with E-state index in [1.807, 2.05) is 0 Å². The second-order valence-corrected chi connectivity index (χ2v) is 16.4. The first kappa shape index (κ1) is 44.0. The van der Waals surface area contributed by atoms with Gasteiger partial charge in [-0.1, -0.05) is 229 Å². The van der Waals surface area contributed by atoms with Gasteiger partial charge in [0.2, 0.25) is 0 Å². The average Bonchev–Trinajstić information content (AvgIpc) is 3.48. The van der Waals surface area contributed by atoms with Crippen LogP contribution in [0.2, 0.25) is 0 Å². The van der Waals surface area contributed by atoms with Crippen LogP contribution in [0.1, 0.15) is 223 Å². The highest BCUT2D eigenvalue weighted by molar-refractivity contribution is 5.21. The predicted octanol–water partition coefficient (Wildman–Crippen LogP) is 15.3. The molecule has 1 heterocycles. The Morgan fingerprint density at radius 2 is 0.885 bits per heavy atom. The SMILES string of the molecule is CCCCCCCCCCCCCCCCn1cc(CC(C)c2ccccc2)[n+](CCCCCCCCCCCCCCC)c1Cc1ccccc1. The topological polar surface area (TPSA) is 8.81 Å². The zero-order valence-electron chi connectivity index (χ0n) is 34.7. The summed E-state index contributed by atoms with van der Waals surface area (Å²) in [6.07, 6.45) is 42.8. The highest BCUT2D eigenvalue weighted by atomic mass is 15.2. The van der Waals surface area contributed by atoms with Gasteiger partial charge in [-0.3, -0.25) is 0 Å². The quantitative estimate of drug-likeness (QED) is 0.0431. The summed E-state index contributed by atoms with van der Waals surface area (Å²) in [7, 11) is 0. The van der Waals surface area contributed by atoms with Crippen LogP contribution in [-0.4, -0.2) is 4.57 Å². The standard InChI is InChI=1S/C50H83N2/c1-4-6-8-10-12-14-16-18-20-21-23-25-27-35-41-51-45-49(43-46(3)48-39-33-30-34-40-48)52(50(51)44-47-37-31-29-32-38-47)42-36-28-26-24-22-19-17-15-13-11-9-7-5-2/h29-34,37-40,45-46H,4-28,35-36,41-44H2,1-3H3/q+1. The maximum absolute atomic E-state index is 2.76. The normalized spacial score (nSPS) is 12.1. The maximum Gasteiger partial charge on any atom is 0.261 e. The van der Waals surface area contributed by atoms with Crippen LogP contribution in [0.5, 0.6) is 0 Å². The van der Waals surface area contributed by atoms with Crippen molar-refractivity contribution in [2.75, 3.05) is 0 Å². The van der Waals surface area contributed by atoms with Crippen LogP contribution in [0, 0.1) is 0 Å². The number of aryl methyl sites for hydroxylation is 1. The minimum absolute atomic E-state index is 0.514. The molecule has 3 aromatic rings. The van der Waals surface area contributed by atoms with Crippen molar-refractivity contribution in [1.82, 2.24) is 4.57 Å². The highest BCUT2D eigenvalue weighted by Crippen LogP contribution is 2.22. The minimum Gasteiger partial charge on any atom is -0.234 e. The molecular formula is C50H83N2+. The van der Waals surface area contributed by atoms with Crippen molar-refractivity contribution in [1.29, 1.82) is 0 Å². The molecule has 1 aromatic heterocycles. The largest absolute Gasteiger partial charge is 0.261 e. The second-order valence-electron chi connectivity index (χ2n) is 16.4. The van der Waals surface area contributed by atoms with Gasteiger partial charge in [0, 0.05) is 6.42 Å². The first-order valence-electron chi connectivity index (χ1n) is 22.9. The van der Waals surface area contributed by atoms with Crippen molar-refractivity contribution in [2.45, 2.75) is 226 Å². The third-order valence-corrected chi connectivity index (χ3v) is 11.6. The van der Waals surface area contributed by atoms with Crippen LogP contribution < -0.4 is 4.57 Å². The van der Waals surface area contributed by atoms with Crippen LogP contribution in [-0.2, 0) is 25.9 Å². The Balaban J connectivity index is 1.51. The van der Waals surface area contributed by atoms with E-state index in [9.17, 15) is 0 Å². The van der Waals surface area contributed by atoms with E-state index in [0.717, 1.165) is 25.9 Å². The fraction of sp³-hybridized carbons (Fsp3) is 0.700. The molecule has 1 unspecified atom stereocenters. The number of hydrogen-bond donors (Lipinski definition) is 0. The van der Waals surface area contributed by atoms with E-state index >= 15 is 0 Å².